The van der Waals surface area contributed by atoms with Gasteiger partial charge in [-0.15, -0.1) is 0 Å². The summed E-state index contributed by atoms with van der Waals surface area (Å²) in [6.45, 7) is 3.27. The number of hydrogen-bond acceptors (Lipinski definition) is 3. The molecule has 1 atom stereocenters. The highest BCUT2D eigenvalue weighted by atomic mass is 35.5. The highest BCUT2D eigenvalue weighted by Crippen LogP contribution is 2.25. The number of ether oxygens (including phenoxy) is 1. The number of amides is 1. The lowest BCUT2D eigenvalue weighted by Gasteiger charge is -2.33. The molecule has 1 fully saturated rings. The quantitative estimate of drug-likeness (QED) is 0.922. The fraction of sp³-hybridized carbons (Fsp3) is 0.533. The maximum atomic E-state index is 12.4. The summed E-state index contributed by atoms with van der Waals surface area (Å²) in [4.78, 5) is 14.2. The molecule has 0 aliphatic carbocycles. The van der Waals surface area contributed by atoms with Gasteiger partial charge in [-0.3, -0.25) is 4.79 Å². The van der Waals surface area contributed by atoms with Gasteiger partial charge in [0.05, 0.1) is 0 Å². The van der Waals surface area contributed by atoms with E-state index >= 15 is 0 Å². The van der Waals surface area contributed by atoms with Crippen LogP contribution in [0.25, 0.3) is 0 Å². The molecular weight excluding hydrogens is 311 g/mol. The minimum Gasteiger partial charge on any atom is -0.481 e. The van der Waals surface area contributed by atoms with Gasteiger partial charge in [-0.25, -0.2) is 0 Å². The van der Waals surface area contributed by atoms with E-state index in [4.69, 9.17) is 27.9 Å². The summed E-state index contributed by atoms with van der Waals surface area (Å²) in [5.41, 5.74) is 0. The number of likely N-dealkylation sites (tertiary alicyclic amines) is 1. The molecule has 2 rings (SSSR count). The van der Waals surface area contributed by atoms with Crippen LogP contribution in [0.3, 0.4) is 0 Å². The largest absolute Gasteiger partial charge is 0.481 e. The maximum absolute atomic E-state index is 12.4. The summed E-state index contributed by atoms with van der Waals surface area (Å²) < 4.78 is 5.67. The molecule has 21 heavy (non-hydrogen) atoms. The predicted molar refractivity (Wildman–Crippen MR) is 85.2 cm³/mol. The monoisotopic (exact) mass is 330 g/mol. The number of halogens is 2. The number of hydrogen-bond donors (Lipinski definition) is 1. The first kappa shape index (κ1) is 16.4. The first-order chi connectivity index (χ1) is 9.99. The lowest BCUT2D eigenvalue weighted by Crippen LogP contribution is -2.48. The Kier molecular flexibility index (Phi) is 5.73. The van der Waals surface area contributed by atoms with E-state index in [9.17, 15) is 4.79 Å². The standard InChI is InChI=1S/C15H20Cl2N2O2/c1-10(21-14-8-11(16)7-12(17)9-14)15(20)19-5-3-13(18-2)4-6-19/h7-10,13,18H,3-6H2,1-2H3. The van der Waals surface area contributed by atoms with Crippen LogP contribution in [-0.2, 0) is 4.79 Å². The molecular formula is C15H20Cl2N2O2. The van der Waals surface area contributed by atoms with Crippen LogP contribution in [0.2, 0.25) is 10.0 Å². The zero-order chi connectivity index (χ0) is 15.4. The van der Waals surface area contributed by atoms with Gasteiger partial charge in [0.25, 0.3) is 5.91 Å². The molecule has 0 aromatic heterocycles. The van der Waals surface area contributed by atoms with Crippen molar-refractivity contribution in [2.45, 2.75) is 31.9 Å². The van der Waals surface area contributed by atoms with E-state index in [1.54, 1.807) is 25.1 Å². The Hall–Kier alpha value is -0.970. The minimum atomic E-state index is -0.550. The molecule has 1 aliphatic heterocycles. The third kappa shape index (κ3) is 4.50. The van der Waals surface area contributed by atoms with Crippen LogP contribution in [0.1, 0.15) is 19.8 Å². The molecule has 1 N–H and O–H groups in total. The number of piperidine rings is 1. The van der Waals surface area contributed by atoms with Crippen LogP contribution in [0.5, 0.6) is 5.75 Å². The molecule has 0 radical (unpaired) electrons. The number of carbonyl (C=O) groups excluding carboxylic acids is 1. The van der Waals surface area contributed by atoms with Crippen molar-refractivity contribution in [2.75, 3.05) is 20.1 Å². The van der Waals surface area contributed by atoms with Crippen LogP contribution < -0.4 is 10.1 Å². The molecule has 1 saturated heterocycles. The van der Waals surface area contributed by atoms with Crippen LogP contribution in [0.4, 0.5) is 0 Å². The lowest BCUT2D eigenvalue weighted by molar-refractivity contribution is -0.139. The molecule has 4 nitrogen and oxygen atoms in total. The summed E-state index contributed by atoms with van der Waals surface area (Å²) in [6.07, 6.45) is 1.39. The van der Waals surface area contributed by atoms with Crippen LogP contribution in [-0.4, -0.2) is 43.1 Å². The van der Waals surface area contributed by atoms with Gasteiger partial charge in [0.1, 0.15) is 5.75 Å². The van der Waals surface area contributed by atoms with Crippen LogP contribution in [0.15, 0.2) is 18.2 Å². The highest BCUT2D eigenvalue weighted by molar-refractivity contribution is 6.34. The fourth-order valence-electron chi connectivity index (χ4n) is 2.50. The highest BCUT2D eigenvalue weighted by Gasteiger charge is 2.26. The van der Waals surface area contributed by atoms with E-state index in [1.165, 1.54) is 0 Å². The summed E-state index contributed by atoms with van der Waals surface area (Å²) in [5, 5.41) is 4.23. The SMILES string of the molecule is CNC1CCN(C(=O)C(C)Oc2cc(Cl)cc(Cl)c2)CC1. The van der Waals surface area contributed by atoms with Crippen molar-refractivity contribution in [1.29, 1.82) is 0 Å². The van der Waals surface area contributed by atoms with Crippen molar-refractivity contribution in [3.05, 3.63) is 28.2 Å². The average Bonchev–Trinajstić information content (AvgIpc) is 2.45. The third-order valence-electron chi connectivity index (χ3n) is 3.71. The van der Waals surface area contributed by atoms with Gasteiger partial charge in [0.2, 0.25) is 0 Å². The molecule has 1 aromatic carbocycles. The van der Waals surface area contributed by atoms with E-state index in [-0.39, 0.29) is 5.91 Å². The third-order valence-corrected chi connectivity index (χ3v) is 4.15. The van der Waals surface area contributed by atoms with Gasteiger partial charge in [0, 0.05) is 29.2 Å². The zero-order valence-electron chi connectivity index (χ0n) is 12.2. The van der Waals surface area contributed by atoms with E-state index in [1.807, 2.05) is 11.9 Å². The van der Waals surface area contributed by atoms with Gasteiger partial charge in [0.15, 0.2) is 6.10 Å². The van der Waals surface area contributed by atoms with Gasteiger partial charge in [-0.05, 0) is 45.0 Å². The van der Waals surface area contributed by atoms with Gasteiger partial charge in [-0.1, -0.05) is 23.2 Å². The van der Waals surface area contributed by atoms with E-state index in [0.29, 0.717) is 21.8 Å². The molecule has 1 unspecified atom stereocenters. The number of nitrogens with one attached hydrogen (secondary N) is 1. The minimum absolute atomic E-state index is 0.000603. The Morgan fingerprint density at radius 2 is 1.86 bits per heavy atom. The van der Waals surface area contributed by atoms with Crippen LogP contribution in [0, 0.1) is 0 Å². The van der Waals surface area contributed by atoms with E-state index < -0.39 is 6.10 Å². The number of rotatable bonds is 4. The van der Waals surface area contributed by atoms with E-state index in [2.05, 4.69) is 5.32 Å². The Morgan fingerprint density at radius 1 is 1.29 bits per heavy atom. The van der Waals surface area contributed by atoms with Crippen molar-refractivity contribution in [1.82, 2.24) is 10.2 Å². The number of benzene rings is 1. The molecule has 0 saturated carbocycles. The Labute approximate surface area is 135 Å². The second-order valence-electron chi connectivity index (χ2n) is 5.25. The Morgan fingerprint density at radius 3 is 2.38 bits per heavy atom. The molecule has 1 heterocycles. The molecule has 1 aliphatic rings. The summed E-state index contributed by atoms with van der Waals surface area (Å²) in [6, 6.07) is 5.44. The van der Waals surface area contributed by atoms with Crippen molar-refractivity contribution in [3.8, 4) is 5.75 Å². The maximum Gasteiger partial charge on any atom is 0.263 e. The second kappa shape index (κ2) is 7.34. The molecule has 1 amide bonds. The summed E-state index contributed by atoms with van der Waals surface area (Å²) in [5.74, 6) is 0.513. The second-order valence-corrected chi connectivity index (χ2v) is 6.13. The molecule has 0 spiro atoms. The van der Waals surface area contributed by atoms with Crippen molar-refractivity contribution in [3.63, 3.8) is 0 Å². The average molecular weight is 331 g/mol. The summed E-state index contributed by atoms with van der Waals surface area (Å²) >= 11 is 11.9. The summed E-state index contributed by atoms with van der Waals surface area (Å²) in [7, 11) is 1.96. The smallest absolute Gasteiger partial charge is 0.263 e. The zero-order valence-corrected chi connectivity index (χ0v) is 13.7. The first-order valence-electron chi connectivity index (χ1n) is 7.08. The van der Waals surface area contributed by atoms with Gasteiger partial charge >= 0.3 is 0 Å². The number of carbonyl (C=O) groups is 1. The van der Waals surface area contributed by atoms with Crippen molar-refractivity contribution < 1.29 is 9.53 Å². The lowest BCUT2D eigenvalue weighted by atomic mass is 10.0. The molecule has 6 heteroatoms. The van der Waals surface area contributed by atoms with Crippen molar-refractivity contribution in [2.24, 2.45) is 0 Å². The predicted octanol–water partition coefficient (Wildman–Crippen LogP) is 2.97. The number of nitrogens with zero attached hydrogens (tertiary/aromatic N) is 1. The molecule has 116 valence electrons. The fourth-order valence-corrected chi connectivity index (χ4v) is 3.00. The molecule has 0 bridgehead atoms. The molecule has 1 aromatic rings. The topological polar surface area (TPSA) is 41.6 Å². The van der Waals surface area contributed by atoms with Gasteiger partial charge < -0.3 is 15.0 Å². The van der Waals surface area contributed by atoms with E-state index in [0.717, 1.165) is 25.9 Å². The van der Waals surface area contributed by atoms with Gasteiger partial charge in [-0.2, -0.15) is 0 Å². The van der Waals surface area contributed by atoms with Crippen LogP contribution >= 0.6 is 23.2 Å². The normalized spacial score (nSPS) is 17.6. The Balaban J connectivity index is 1.93. The Bertz CT molecular complexity index is 482. The first-order valence-corrected chi connectivity index (χ1v) is 7.84. The van der Waals surface area contributed by atoms with Crippen molar-refractivity contribution >= 4 is 29.1 Å².